The van der Waals surface area contributed by atoms with Gasteiger partial charge >= 0.3 is 0 Å². The van der Waals surface area contributed by atoms with E-state index in [9.17, 15) is 19.1 Å². The van der Waals surface area contributed by atoms with Crippen molar-refractivity contribution in [1.82, 2.24) is 10.2 Å². The third-order valence-corrected chi connectivity index (χ3v) is 3.51. The van der Waals surface area contributed by atoms with E-state index in [4.69, 9.17) is 0 Å². The second-order valence-electron chi connectivity index (χ2n) is 5.55. The lowest BCUT2D eigenvalue weighted by Gasteiger charge is -2.13. The number of carbonyl (C=O) groups excluding carboxylic acids is 2. The van der Waals surface area contributed by atoms with Crippen LogP contribution >= 0.6 is 0 Å². The van der Waals surface area contributed by atoms with E-state index >= 15 is 0 Å². The molecular weight excluding hydrogens is 311 g/mol. The minimum Gasteiger partial charge on any atom is -0.387 e. The van der Waals surface area contributed by atoms with Gasteiger partial charge in [-0.1, -0.05) is 12.1 Å². The van der Waals surface area contributed by atoms with Gasteiger partial charge in [-0.2, -0.15) is 0 Å². The Morgan fingerprint density at radius 1 is 1.04 bits per heavy atom. The highest BCUT2D eigenvalue weighted by Gasteiger charge is 2.12. The van der Waals surface area contributed by atoms with Crippen LogP contribution in [0.1, 0.15) is 32.4 Å². The summed E-state index contributed by atoms with van der Waals surface area (Å²) in [7, 11) is 3.31. The molecule has 0 aromatic heterocycles. The molecule has 0 aliphatic carbocycles. The fourth-order valence-electron chi connectivity index (χ4n) is 2.12. The summed E-state index contributed by atoms with van der Waals surface area (Å²) in [5.74, 6) is -0.893. The number of amides is 2. The fraction of sp³-hybridized carbons (Fsp3) is 0.222. The topological polar surface area (TPSA) is 69.6 Å². The molecule has 0 fully saturated rings. The van der Waals surface area contributed by atoms with Crippen molar-refractivity contribution in [3.63, 3.8) is 0 Å². The lowest BCUT2D eigenvalue weighted by Crippen LogP contribution is -2.28. The van der Waals surface area contributed by atoms with Crippen LogP contribution in [0.2, 0.25) is 0 Å². The average molecular weight is 330 g/mol. The van der Waals surface area contributed by atoms with Crippen molar-refractivity contribution in [3.8, 4) is 0 Å². The van der Waals surface area contributed by atoms with E-state index in [0.717, 1.165) is 0 Å². The number of nitrogens with one attached hydrogen (secondary N) is 1. The first kappa shape index (κ1) is 17.6. The standard InChI is InChI=1S/C18H19FN2O3/c1-21(2)18(24)14-5-3-13(4-6-14)17(23)20-11-16(22)12-7-9-15(19)10-8-12/h3-10,16,22H,11H2,1-2H3,(H,20,23). The second kappa shape index (κ2) is 7.70. The Morgan fingerprint density at radius 2 is 1.58 bits per heavy atom. The Balaban J connectivity index is 1.94. The smallest absolute Gasteiger partial charge is 0.253 e. The molecule has 0 bridgehead atoms. The van der Waals surface area contributed by atoms with Gasteiger partial charge in [-0.15, -0.1) is 0 Å². The Hall–Kier alpha value is -2.73. The molecule has 0 radical (unpaired) electrons. The van der Waals surface area contributed by atoms with Gasteiger partial charge in [0, 0.05) is 31.8 Å². The first-order chi connectivity index (χ1) is 11.4. The molecular formula is C18H19FN2O3. The Bertz CT molecular complexity index is 712. The number of aliphatic hydroxyl groups excluding tert-OH is 1. The third-order valence-electron chi connectivity index (χ3n) is 3.51. The maximum Gasteiger partial charge on any atom is 0.253 e. The Kier molecular flexibility index (Phi) is 5.65. The minimum absolute atomic E-state index is 0.00282. The van der Waals surface area contributed by atoms with Gasteiger partial charge in [-0.25, -0.2) is 4.39 Å². The molecule has 0 saturated carbocycles. The number of hydrogen-bond donors (Lipinski definition) is 2. The number of nitrogens with zero attached hydrogens (tertiary/aromatic N) is 1. The van der Waals surface area contributed by atoms with Crippen molar-refractivity contribution in [2.45, 2.75) is 6.10 Å². The molecule has 0 heterocycles. The van der Waals surface area contributed by atoms with Crippen molar-refractivity contribution >= 4 is 11.8 Å². The van der Waals surface area contributed by atoms with Crippen LogP contribution in [0.4, 0.5) is 4.39 Å². The summed E-state index contributed by atoms with van der Waals surface area (Å²) < 4.78 is 12.8. The molecule has 0 aliphatic rings. The zero-order chi connectivity index (χ0) is 17.7. The van der Waals surface area contributed by atoms with Crippen molar-refractivity contribution in [1.29, 1.82) is 0 Å². The highest BCUT2D eigenvalue weighted by atomic mass is 19.1. The average Bonchev–Trinajstić information content (AvgIpc) is 2.59. The minimum atomic E-state index is -0.927. The summed E-state index contributed by atoms with van der Waals surface area (Å²) in [6.07, 6.45) is -0.927. The van der Waals surface area contributed by atoms with Crippen LogP contribution in [0.5, 0.6) is 0 Å². The van der Waals surface area contributed by atoms with Gasteiger partial charge in [0.25, 0.3) is 11.8 Å². The van der Waals surface area contributed by atoms with E-state index in [0.29, 0.717) is 16.7 Å². The van der Waals surface area contributed by atoms with E-state index < -0.39 is 6.10 Å². The molecule has 6 heteroatoms. The molecule has 2 rings (SSSR count). The molecule has 5 nitrogen and oxygen atoms in total. The lowest BCUT2D eigenvalue weighted by atomic mass is 10.1. The van der Waals surface area contributed by atoms with Crippen molar-refractivity contribution in [2.75, 3.05) is 20.6 Å². The van der Waals surface area contributed by atoms with Crippen LogP contribution in [0, 0.1) is 5.82 Å². The van der Waals surface area contributed by atoms with Crippen LogP contribution in [0.15, 0.2) is 48.5 Å². The van der Waals surface area contributed by atoms with Crippen molar-refractivity contribution in [2.24, 2.45) is 0 Å². The predicted molar refractivity (Wildman–Crippen MR) is 88.2 cm³/mol. The van der Waals surface area contributed by atoms with Gasteiger partial charge in [0.05, 0.1) is 6.10 Å². The van der Waals surface area contributed by atoms with Crippen molar-refractivity contribution < 1.29 is 19.1 Å². The summed E-state index contributed by atoms with van der Waals surface area (Å²) in [6.45, 7) is 0.00282. The van der Waals surface area contributed by atoms with Crippen LogP contribution < -0.4 is 5.32 Å². The zero-order valence-electron chi connectivity index (χ0n) is 13.5. The molecule has 1 unspecified atom stereocenters. The number of aliphatic hydroxyl groups is 1. The zero-order valence-corrected chi connectivity index (χ0v) is 13.5. The quantitative estimate of drug-likeness (QED) is 0.881. The molecule has 0 aliphatic heterocycles. The maximum absolute atomic E-state index is 12.8. The van der Waals surface area contributed by atoms with Gasteiger partial charge in [-0.05, 0) is 42.0 Å². The molecule has 2 aromatic rings. The van der Waals surface area contributed by atoms with Crippen LogP contribution in [0.25, 0.3) is 0 Å². The fourth-order valence-corrected chi connectivity index (χ4v) is 2.12. The number of benzene rings is 2. The van der Waals surface area contributed by atoms with E-state index in [1.165, 1.54) is 29.2 Å². The Labute approximate surface area is 139 Å². The third kappa shape index (κ3) is 4.39. The first-order valence-electron chi connectivity index (χ1n) is 7.42. The summed E-state index contributed by atoms with van der Waals surface area (Å²) in [4.78, 5) is 25.3. The van der Waals surface area contributed by atoms with Crippen molar-refractivity contribution in [3.05, 3.63) is 71.0 Å². The van der Waals surface area contributed by atoms with Gasteiger partial charge < -0.3 is 15.3 Å². The Morgan fingerprint density at radius 3 is 2.12 bits per heavy atom. The SMILES string of the molecule is CN(C)C(=O)c1ccc(C(=O)NCC(O)c2ccc(F)cc2)cc1. The molecule has 2 N–H and O–H groups in total. The molecule has 0 spiro atoms. The van der Waals surface area contributed by atoms with Crippen LogP contribution in [-0.2, 0) is 0 Å². The highest BCUT2D eigenvalue weighted by Crippen LogP contribution is 2.13. The summed E-state index contributed by atoms with van der Waals surface area (Å²) in [5, 5.41) is 12.6. The summed E-state index contributed by atoms with van der Waals surface area (Å²) in [5.41, 5.74) is 1.39. The molecule has 2 aromatic carbocycles. The van der Waals surface area contributed by atoms with E-state index in [1.54, 1.807) is 38.4 Å². The highest BCUT2D eigenvalue weighted by molar-refractivity contribution is 5.97. The number of rotatable bonds is 5. The van der Waals surface area contributed by atoms with Crippen LogP contribution in [0.3, 0.4) is 0 Å². The monoisotopic (exact) mass is 330 g/mol. The van der Waals surface area contributed by atoms with Gasteiger partial charge in [0.1, 0.15) is 5.82 Å². The molecule has 0 saturated heterocycles. The normalized spacial score (nSPS) is 11.7. The largest absolute Gasteiger partial charge is 0.387 e. The lowest BCUT2D eigenvalue weighted by molar-refractivity contribution is 0.0826. The van der Waals surface area contributed by atoms with Gasteiger partial charge in [-0.3, -0.25) is 9.59 Å². The predicted octanol–water partition coefficient (Wildman–Crippen LogP) is 1.99. The van der Waals surface area contributed by atoms with Gasteiger partial charge in [0.2, 0.25) is 0 Å². The van der Waals surface area contributed by atoms with E-state index in [-0.39, 0.29) is 24.2 Å². The first-order valence-corrected chi connectivity index (χ1v) is 7.42. The molecule has 24 heavy (non-hydrogen) atoms. The molecule has 126 valence electrons. The summed E-state index contributed by atoms with van der Waals surface area (Å²) in [6, 6.07) is 11.7. The molecule has 2 amide bonds. The van der Waals surface area contributed by atoms with Gasteiger partial charge in [0.15, 0.2) is 0 Å². The van der Waals surface area contributed by atoms with E-state index in [2.05, 4.69) is 5.32 Å². The van der Waals surface area contributed by atoms with Crippen LogP contribution in [-0.4, -0.2) is 42.5 Å². The number of carbonyl (C=O) groups is 2. The summed E-state index contributed by atoms with van der Waals surface area (Å²) >= 11 is 0. The molecule has 1 atom stereocenters. The maximum atomic E-state index is 12.8. The number of hydrogen-bond acceptors (Lipinski definition) is 3. The number of halogens is 1. The second-order valence-corrected chi connectivity index (χ2v) is 5.55. The van der Waals surface area contributed by atoms with E-state index in [1.807, 2.05) is 0 Å².